The van der Waals surface area contributed by atoms with Crippen LogP contribution in [-0.4, -0.2) is 24.6 Å². The van der Waals surface area contributed by atoms with Crippen molar-refractivity contribution in [1.82, 2.24) is 10.3 Å². The third-order valence-corrected chi connectivity index (χ3v) is 4.46. The fourth-order valence-corrected chi connectivity index (χ4v) is 3.66. The number of rotatable bonds is 8. The molecule has 3 nitrogen and oxygen atoms in total. The summed E-state index contributed by atoms with van der Waals surface area (Å²) in [5.41, 5.74) is 1.36. The average Bonchev–Trinajstić information content (AvgIpc) is 2.80. The molecule has 1 aromatic rings. The summed E-state index contributed by atoms with van der Waals surface area (Å²) in [6.45, 7) is 19.8. The van der Waals surface area contributed by atoms with Gasteiger partial charge in [-0.15, -0.1) is 11.3 Å². The van der Waals surface area contributed by atoms with Crippen LogP contribution >= 0.6 is 11.3 Å². The minimum Gasteiger partial charge on any atom is -0.348 e. The van der Waals surface area contributed by atoms with E-state index in [1.165, 1.54) is 22.1 Å². The summed E-state index contributed by atoms with van der Waals surface area (Å²) >= 11 is 1.86. The highest BCUT2D eigenvalue weighted by molar-refractivity contribution is 7.15. The second-order valence-electron chi connectivity index (χ2n) is 7.13. The molecule has 122 valence electrons. The van der Waals surface area contributed by atoms with E-state index in [0.29, 0.717) is 5.92 Å². The number of aromatic nitrogens is 1. The molecule has 21 heavy (non-hydrogen) atoms. The first-order valence-corrected chi connectivity index (χ1v) is 9.07. The Morgan fingerprint density at radius 3 is 2.38 bits per heavy atom. The maximum absolute atomic E-state index is 4.99. The lowest BCUT2D eigenvalue weighted by atomic mass is 9.91. The van der Waals surface area contributed by atoms with Crippen LogP contribution in [0.3, 0.4) is 0 Å². The third-order valence-electron chi connectivity index (χ3n) is 3.35. The number of nitrogens with one attached hydrogen (secondary N) is 1. The lowest BCUT2D eigenvalue weighted by Crippen LogP contribution is -2.27. The van der Waals surface area contributed by atoms with Crippen molar-refractivity contribution >= 4 is 16.5 Å². The van der Waals surface area contributed by atoms with Gasteiger partial charge in [0.15, 0.2) is 5.13 Å². The maximum Gasteiger partial charge on any atom is 0.185 e. The Labute approximate surface area is 135 Å². The van der Waals surface area contributed by atoms with E-state index in [4.69, 9.17) is 4.98 Å². The average molecular weight is 312 g/mol. The van der Waals surface area contributed by atoms with Crippen LogP contribution in [0.25, 0.3) is 0 Å². The van der Waals surface area contributed by atoms with Crippen LogP contribution in [0.1, 0.15) is 65.5 Å². The molecule has 0 aliphatic carbocycles. The summed E-state index contributed by atoms with van der Waals surface area (Å²) in [6.07, 6.45) is 1.17. The van der Waals surface area contributed by atoms with E-state index in [0.717, 1.165) is 26.2 Å². The summed E-state index contributed by atoms with van der Waals surface area (Å²) in [6, 6.07) is 0. The number of hydrogen-bond acceptors (Lipinski definition) is 4. The van der Waals surface area contributed by atoms with E-state index in [-0.39, 0.29) is 5.41 Å². The van der Waals surface area contributed by atoms with Gasteiger partial charge < -0.3 is 10.2 Å². The summed E-state index contributed by atoms with van der Waals surface area (Å²) in [7, 11) is 0. The molecule has 1 aromatic heterocycles. The van der Waals surface area contributed by atoms with Gasteiger partial charge >= 0.3 is 0 Å². The first kappa shape index (κ1) is 18.4. The standard InChI is InChI=1S/C17H33N3S/c1-8-10-18-11-14-15(17(5,6)7)19-16(21-14)20(9-2)12-13(3)4/h13,18H,8-12H2,1-7H3. The van der Waals surface area contributed by atoms with Crippen LogP contribution in [0, 0.1) is 5.92 Å². The van der Waals surface area contributed by atoms with E-state index < -0.39 is 0 Å². The number of hydrogen-bond donors (Lipinski definition) is 1. The second-order valence-corrected chi connectivity index (χ2v) is 8.19. The van der Waals surface area contributed by atoms with Crippen molar-refractivity contribution in [1.29, 1.82) is 0 Å². The van der Waals surface area contributed by atoms with Gasteiger partial charge in [0, 0.05) is 29.9 Å². The van der Waals surface area contributed by atoms with Crippen molar-refractivity contribution in [2.45, 2.75) is 66.8 Å². The highest BCUT2D eigenvalue weighted by Gasteiger charge is 2.24. The minimum atomic E-state index is 0.106. The molecular weight excluding hydrogens is 278 g/mol. The Balaban J connectivity index is 3.00. The quantitative estimate of drug-likeness (QED) is 0.720. The number of thiazole rings is 1. The van der Waals surface area contributed by atoms with Crippen LogP contribution in [0.15, 0.2) is 0 Å². The maximum atomic E-state index is 4.99. The SMILES string of the molecule is CCCNCc1sc(N(CC)CC(C)C)nc1C(C)(C)C. The van der Waals surface area contributed by atoms with Gasteiger partial charge in [0.2, 0.25) is 0 Å². The Kier molecular flexibility index (Phi) is 7.14. The van der Waals surface area contributed by atoms with Gasteiger partial charge in [-0.3, -0.25) is 0 Å². The zero-order valence-electron chi connectivity index (χ0n) is 14.9. The lowest BCUT2D eigenvalue weighted by molar-refractivity contribution is 0.556. The van der Waals surface area contributed by atoms with Crippen molar-refractivity contribution in [2.75, 3.05) is 24.5 Å². The monoisotopic (exact) mass is 311 g/mol. The first-order chi connectivity index (χ1) is 9.79. The van der Waals surface area contributed by atoms with Crippen molar-refractivity contribution in [2.24, 2.45) is 5.92 Å². The second kappa shape index (κ2) is 8.14. The van der Waals surface area contributed by atoms with E-state index in [1.807, 2.05) is 11.3 Å². The molecule has 4 heteroatoms. The fourth-order valence-electron chi connectivity index (χ4n) is 2.34. The molecule has 0 unspecified atom stereocenters. The largest absolute Gasteiger partial charge is 0.348 e. The summed E-state index contributed by atoms with van der Waals surface area (Å²) in [5, 5.41) is 4.71. The predicted octanol–water partition coefficient (Wildman–Crippen LogP) is 4.42. The third kappa shape index (κ3) is 5.59. The van der Waals surface area contributed by atoms with Gasteiger partial charge in [-0.05, 0) is 25.8 Å². The van der Waals surface area contributed by atoms with Gasteiger partial charge in [0.25, 0.3) is 0 Å². The zero-order valence-corrected chi connectivity index (χ0v) is 15.7. The van der Waals surface area contributed by atoms with Crippen LogP contribution in [-0.2, 0) is 12.0 Å². The molecule has 0 spiro atoms. The Morgan fingerprint density at radius 2 is 1.90 bits per heavy atom. The molecule has 0 saturated heterocycles. The van der Waals surface area contributed by atoms with Crippen molar-refractivity contribution in [3.05, 3.63) is 10.6 Å². The summed E-state index contributed by atoms with van der Waals surface area (Å²) in [5.74, 6) is 0.661. The Hall–Kier alpha value is -0.610. The molecule has 1 heterocycles. The first-order valence-electron chi connectivity index (χ1n) is 8.25. The molecule has 0 fully saturated rings. The van der Waals surface area contributed by atoms with Crippen molar-refractivity contribution in [3.8, 4) is 0 Å². The molecule has 0 saturated carbocycles. The van der Waals surface area contributed by atoms with Gasteiger partial charge in [-0.1, -0.05) is 41.5 Å². The van der Waals surface area contributed by atoms with E-state index in [2.05, 4.69) is 58.7 Å². The lowest BCUT2D eigenvalue weighted by Gasteiger charge is -2.22. The minimum absolute atomic E-state index is 0.106. The van der Waals surface area contributed by atoms with Crippen molar-refractivity contribution < 1.29 is 0 Å². The highest BCUT2D eigenvalue weighted by Crippen LogP contribution is 2.34. The van der Waals surface area contributed by atoms with Crippen LogP contribution in [0.4, 0.5) is 5.13 Å². The smallest absolute Gasteiger partial charge is 0.185 e. The molecule has 0 aliphatic heterocycles. The van der Waals surface area contributed by atoms with Crippen LogP contribution in [0.2, 0.25) is 0 Å². The molecule has 1 rings (SSSR count). The summed E-state index contributed by atoms with van der Waals surface area (Å²) < 4.78 is 0. The van der Waals surface area contributed by atoms with Gasteiger partial charge in [-0.2, -0.15) is 0 Å². The Morgan fingerprint density at radius 1 is 1.24 bits per heavy atom. The van der Waals surface area contributed by atoms with Gasteiger partial charge in [0.1, 0.15) is 0 Å². The molecule has 0 bridgehead atoms. The van der Waals surface area contributed by atoms with E-state index in [9.17, 15) is 0 Å². The molecule has 0 aliphatic rings. The topological polar surface area (TPSA) is 28.2 Å². The van der Waals surface area contributed by atoms with Gasteiger partial charge in [-0.25, -0.2) is 4.98 Å². The summed E-state index contributed by atoms with van der Waals surface area (Å²) in [4.78, 5) is 8.80. The van der Waals surface area contributed by atoms with E-state index in [1.54, 1.807) is 0 Å². The van der Waals surface area contributed by atoms with Crippen molar-refractivity contribution in [3.63, 3.8) is 0 Å². The van der Waals surface area contributed by atoms with Crippen LogP contribution < -0.4 is 10.2 Å². The van der Waals surface area contributed by atoms with Gasteiger partial charge in [0.05, 0.1) is 5.69 Å². The fraction of sp³-hybridized carbons (Fsp3) is 0.824. The predicted molar refractivity (Wildman–Crippen MR) is 95.5 cm³/mol. The molecule has 0 aromatic carbocycles. The molecule has 0 amide bonds. The number of nitrogens with zero attached hydrogens (tertiary/aromatic N) is 2. The Bertz CT molecular complexity index is 418. The molecular formula is C17H33N3S. The molecule has 0 radical (unpaired) electrons. The zero-order chi connectivity index (χ0) is 16.0. The highest BCUT2D eigenvalue weighted by atomic mass is 32.1. The molecule has 1 N–H and O–H groups in total. The van der Waals surface area contributed by atoms with E-state index >= 15 is 0 Å². The molecule has 0 atom stereocenters. The number of anilines is 1. The normalized spacial score (nSPS) is 12.2. The van der Waals surface area contributed by atoms with Crippen LogP contribution in [0.5, 0.6) is 0 Å².